The zero-order valence-electron chi connectivity index (χ0n) is 8.41. The van der Waals surface area contributed by atoms with Crippen LogP contribution in [0.25, 0.3) is 0 Å². The molecular formula is C12H17NO. The van der Waals surface area contributed by atoms with Gasteiger partial charge < -0.3 is 10.5 Å². The third kappa shape index (κ3) is 3.73. The van der Waals surface area contributed by atoms with Crippen molar-refractivity contribution in [3.8, 4) is 0 Å². The third-order valence-electron chi connectivity index (χ3n) is 1.96. The van der Waals surface area contributed by atoms with Crippen LogP contribution in [-0.2, 0) is 17.8 Å². The van der Waals surface area contributed by atoms with Crippen molar-refractivity contribution in [2.75, 3.05) is 13.2 Å². The van der Waals surface area contributed by atoms with Gasteiger partial charge in [0.1, 0.15) is 0 Å². The first-order chi connectivity index (χ1) is 6.86. The van der Waals surface area contributed by atoms with Crippen molar-refractivity contribution >= 4 is 0 Å². The zero-order valence-corrected chi connectivity index (χ0v) is 8.41. The predicted molar refractivity (Wildman–Crippen MR) is 59.1 cm³/mol. The highest BCUT2D eigenvalue weighted by molar-refractivity contribution is 5.22. The number of benzene rings is 1. The summed E-state index contributed by atoms with van der Waals surface area (Å²) in [6.45, 7) is 5.54. The van der Waals surface area contributed by atoms with Crippen LogP contribution < -0.4 is 5.73 Å². The average Bonchev–Trinajstić information content (AvgIpc) is 2.21. The summed E-state index contributed by atoms with van der Waals surface area (Å²) in [5.74, 6) is 0. The van der Waals surface area contributed by atoms with Crippen LogP contribution in [0.2, 0.25) is 0 Å². The van der Waals surface area contributed by atoms with Gasteiger partial charge >= 0.3 is 0 Å². The third-order valence-corrected chi connectivity index (χ3v) is 1.96. The second-order valence-electron chi connectivity index (χ2n) is 3.16. The topological polar surface area (TPSA) is 35.2 Å². The number of hydrogen-bond donors (Lipinski definition) is 1. The van der Waals surface area contributed by atoms with E-state index in [4.69, 9.17) is 10.5 Å². The summed E-state index contributed by atoms with van der Waals surface area (Å²) in [5, 5.41) is 0. The maximum Gasteiger partial charge on any atom is 0.0721 e. The van der Waals surface area contributed by atoms with Gasteiger partial charge in [-0.2, -0.15) is 0 Å². The standard InChI is InChI=1S/C12H17NO/c1-2-9-14-10-12-5-3-11(4-6-12)7-8-13/h2-6H,1,7-10,13H2. The molecule has 0 bridgehead atoms. The van der Waals surface area contributed by atoms with Gasteiger partial charge in [0.25, 0.3) is 0 Å². The maximum atomic E-state index is 5.46. The Kier molecular flexibility index (Phi) is 4.97. The molecule has 76 valence electrons. The molecule has 14 heavy (non-hydrogen) atoms. The lowest BCUT2D eigenvalue weighted by molar-refractivity contribution is 0.149. The van der Waals surface area contributed by atoms with Crippen LogP contribution in [0, 0.1) is 0 Å². The highest BCUT2D eigenvalue weighted by Gasteiger charge is 1.93. The molecule has 1 rings (SSSR count). The number of ether oxygens (including phenoxy) is 1. The number of rotatable bonds is 6. The second-order valence-corrected chi connectivity index (χ2v) is 3.16. The van der Waals surface area contributed by atoms with Gasteiger partial charge in [-0.05, 0) is 24.1 Å². The van der Waals surface area contributed by atoms with Crippen LogP contribution in [0.4, 0.5) is 0 Å². The van der Waals surface area contributed by atoms with Gasteiger partial charge in [-0.1, -0.05) is 30.3 Å². The quantitative estimate of drug-likeness (QED) is 0.550. The second kappa shape index (κ2) is 6.35. The molecule has 0 saturated heterocycles. The van der Waals surface area contributed by atoms with Crippen molar-refractivity contribution in [1.82, 2.24) is 0 Å². The highest BCUT2D eigenvalue weighted by Crippen LogP contribution is 2.05. The molecule has 0 heterocycles. The summed E-state index contributed by atoms with van der Waals surface area (Å²) >= 11 is 0. The first-order valence-corrected chi connectivity index (χ1v) is 4.83. The molecule has 2 N–H and O–H groups in total. The molecule has 2 heteroatoms. The fourth-order valence-corrected chi connectivity index (χ4v) is 1.23. The molecule has 0 aliphatic heterocycles. The Hall–Kier alpha value is -1.12. The van der Waals surface area contributed by atoms with E-state index in [1.54, 1.807) is 6.08 Å². The summed E-state index contributed by atoms with van der Waals surface area (Å²) in [7, 11) is 0. The van der Waals surface area contributed by atoms with Crippen LogP contribution in [0.3, 0.4) is 0 Å². The van der Waals surface area contributed by atoms with Gasteiger partial charge in [0.15, 0.2) is 0 Å². The maximum absolute atomic E-state index is 5.46. The van der Waals surface area contributed by atoms with Gasteiger partial charge in [0.2, 0.25) is 0 Å². The van der Waals surface area contributed by atoms with Crippen LogP contribution in [0.1, 0.15) is 11.1 Å². The van der Waals surface area contributed by atoms with Gasteiger partial charge in [-0.3, -0.25) is 0 Å². The Labute approximate surface area is 85.4 Å². The van der Waals surface area contributed by atoms with E-state index in [1.807, 2.05) is 0 Å². The summed E-state index contributed by atoms with van der Waals surface area (Å²) in [6.07, 6.45) is 2.69. The number of hydrogen-bond acceptors (Lipinski definition) is 2. The predicted octanol–water partition coefficient (Wildman–Crippen LogP) is 1.89. The van der Waals surface area contributed by atoms with E-state index in [2.05, 4.69) is 30.8 Å². The smallest absolute Gasteiger partial charge is 0.0721 e. The average molecular weight is 191 g/mol. The number of nitrogens with two attached hydrogens (primary N) is 1. The molecular weight excluding hydrogens is 174 g/mol. The Morgan fingerprint density at radius 2 is 1.86 bits per heavy atom. The monoisotopic (exact) mass is 191 g/mol. The molecule has 2 nitrogen and oxygen atoms in total. The Bertz CT molecular complexity index is 266. The lowest BCUT2D eigenvalue weighted by Crippen LogP contribution is -2.02. The minimum atomic E-state index is 0.602. The Morgan fingerprint density at radius 3 is 2.43 bits per heavy atom. The van der Waals surface area contributed by atoms with E-state index in [9.17, 15) is 0 Å². The lowest BCUT2D eigenvalue weighted by atomic mass is 10.1. The van der Waals surface area contributed by atoms with Gasteiger partial charge in [-0.15, -0.1) is 6.58 Å². The van der Waals surface area contributed by atoms with E-state index in [0.29, 0.717) is 19.8 Å². The molecule has 1 aromatic rings. The van der Waals surface area contributed by atoms with E-state index in [1.165, 1.54) is 11.1 Å². The van der Waals surface area contributed by atoms with E-state index < -0.39 is 0 Å². The SMILES string of the molecule is C=CCOCc1ccc(CCN)cc1. The van der Waals surface area contributed by atoms with Crippen molar-refractivity contribution in [3.63, 3.8) is 0 Å². The molecule has 0 aliphatic carbocycles. The van der Waals surface area contributed by atoms with Gasteiger partial charge in [-0.25, -0.2) is 0 Å². The lowest BCUT2D eigenvalue weighted by Gasteiger charge is -2.03. The van der Waals surface area contributed by atoms with Crippen molar-refractivity contribution in [2.45, 2.75) is 13.0 Å². The fourth-order valence-electron chi connectivity index (χ4n) is 1.23. The first-order valence-electron chi connectivity index (χ1n) is 4.83. The van der Waals surface area contributed by atoms with Crippen LogP contribution in [0.15, 0.2) is 36.9 Å². The van der Waals surface area contributed by atoms with Crippen molar-refractivity contribution in [1.29, 1.82) is 0 Å². The molecule has 0 spiro atoms. The van der Waals surface area contributed by atoms with E-state index >= 15 is 0 Å². The molecule has 0 aromatic heterocycles. The minimum absolute atomic E-state index is 0.602. The summed E-state index contributed by atoms with van der Waals surface area (Å²) < 4.78 is 5.33. The summed E-state index contributed by atoms with van der Waals surface area (Å²) in [5.41, 5.74) is 7.93. The Balaban J connectivity index is 2.42. The molecule has 0 saturated carbocycles. The first kappa shape index (κ1) is 11.0. The largest absolute Gasteiger partial charge is 0.373 e. The molecule has 0 amide bonds. The molecule has 0 unspecified atom stereocenters. The van der Waals surface area contributed by atoms with Gasteiger partial charge in [0.05, 0.1) is 13.2 Å². The van der Waals surface area contributed by atoms with Crippen molar-refractivity contribution in [3.05, 3.63) is 48.0 Å². The van der Waals surface area contributed by atoms with Crippen LogP contribution in [0.5, 0.6) is 0 Å². The molecule has 0 fully saturated rings. The highest BCUT2D eigenvalue weighted by atomic mass is 16.5. The normalized spacial score (nSPS) is 10.1. The zero-order chi connectivity index (χ0) is 10.2. The molecule has 0 radical (unpaired) electrons. The van der Waals surface area contributed by atoms with Crippen molar-refractivity contribution < 1.29 is 4.74 Å². The van der Waals surface area contributed by atoms with E-state index in [-0.39, 0.29) is 0 Å². The van der Waals surface area contributed by atoms with Gasteiger partial charge in [0, 0.05) is 0 Å². The summed E-state index contributed by atoms with van der Waals surface area (Å²) in [4.78, 5) is 0. The molecule has 0 aliphatic rings. The molecule has 0 atom stereocenters. The van der Waals surface area contributed by atoms with Crippen molar-refractivity contribution in [2.24, 2.45) is 5.73 Å². The fraction of sp³-hybridized carbons (Fsp3) is 0.333. The van der Waals surface area contributed by atoms with E-state index in [0.717, 1.165) is 6.42 Å². The Morgan fingerprint density at radius 1 is 1.21 bits per heavy atom. The summed E-state index contributed by atoms with van der Waals surface area (Å²) in [6, 6.07) is 8.35. The molecule has 1 aromatic carbocycles. The van der Waals surface area contributed by atoms with Crippen LogP contribution >= 0.6 is 0 Å². The van der Waals surface area contributed by atoms with Crippen LogP contribution in [-0.4, -0.2) is 13.2 Å². The minimum Gasteiger partial charge on any atom is -0.373 e.